The minimum absolute atomic E-state index is 0.139. The minimum Gasteiger partial charge on any atom is -0.461 e. The second kappa shape index (κ2) is 8.95. The zero-order chi connectivity index (χ0) is 20.9. The fourth-order valence-corrected chi connectivity index (χ4v) is 3.25. The Morgan fingerprint density at radius 3 is 2.59 bits per heavy atom. The molecule has 0 unspecified atom stereocenters. The van der Waals surface area contributed by atoms with Gasteiger partial charge in [-0.05, 0) is 31.5 Å². The Labute approximate surface area is 172 Å². The fraction of sp³-hybridized carbons (Fsp3) is 0.300. The van der Waals surface area contributed by atoms with Crippen LogP contribution in [0.5, 0.6) is 0 Å². The van der Waals surface area contributed by atoms with Crippen LogP contribution in [0.1, 0.15) is 19.4 Å². The van der Waals surface area contributed by atoms with E-state index in [4.69, 9.17) is 10.2 Å². The van der Waals surface area contributed by atoms with Crippen LogP contribution in [-0.4, -0.2) is 38.9 Å². The van der Waals surface area contributed by atoms with Gasteiger partial charge in [0, 0.05) is 6.54 Å². The van der Waals surface area contributed by atoms with Gasteiger partial charge in [0.2, 0.25) is 17.6 Å². The Hall–Kier alpha value is -3.07. The summed E-state index contributed by atoms with van der Waals surface area (Å²) in [6, 6.07) is 13.5. The topological polar surface area (TPSA) is 116 Å². The smallest absolute Gasteiger partial charge is 0.230 e. The maximum atomic E-state index is 12.2. The van der Waals surface area contributed by atoms with Gasteiger partial charge in [0.1, 0.15) is 0 Å². The zero-order valence-electron chi connectivity index (χ0n) is 16.3. The van der Waals surface area contributed by atoms with Crippen LogP contribution in [0.25, 0.3) is 11.6 Å². The van der Waals surface area contributed by atoms with Gasteiger partial charge in [-0.1, -0.05) is 42.1 Å². The van der Waals surface area contributed by atoms with Crippen molar-refractivity contribution in [1.82, 2.24) is 20.1 Å². The van der Waals surface area contributed by atoms with Crippen LogP contribution in [0.4, 0.5) is 0 Å². The molecule has 9 heteroatoms. The van der Waals surface area contributed by atoms with E-state index >= 15 is 0 Å². The molecule has 3 aromatic rings. The van der Waals surface area contributed by atoms with Gasteiger partial charge in [-0.3, -0.25) is 14.2 Å². The molecule has 0 spiro atoms. The Kier molecular flexibility index (Phi) is 6.38. The Morgan fingerprint density at radius 1 is 1.17 bits per heavy atom. The van der Waals surface area contributed by atoms with E-state index in [1.165, 1.54) is 11.8 Å². The van der Waals surface area contributed by atoms with Gasteiger partial charge in [-0.2, -0.15) is 0 Å². The molecule has 0 atom stereocenters. The molecular formula is C20H23N5O3S. The summed E-state index contributed by atoms with van der Waals surface area (Å²) in [6.07, 6.45) is 1.58. The van der Waals surface area contributed by atoms with E-state index in [9.17, 15) is 9.59 Å². The van der Waals surface area contributed by atoms with Gasteiger partial charge < -0.3 is 15.5 Å². The number of hydrogen-bond acceptors (Lipinski definition) is 6. The number of aromatic nitrogens is 3. The van der Waals surface area contributed by atoms with Crippen molar-refractivity contribution in [1.29, 1.82) is 0 Å². The number of benzene rings is 1. The lowest BCUT2D eigenvalue weighted by atomic mass is 9.93. The first-order valence-electron chi connectivity index (χ1n) is 9.07. The molecule has 8 nitrogen and oxygen atoms in total. The fourth-order valence-electron chi connectivity index (χ4n) is 2.48. The number of nitrogens with two attached hydrogens (primary N) is 1. The zero-order valence-corrected chi connectivity index (χ0v) is 17.1. The summed E-state index contributed by atoms with van der Waals surface area (Å²) in [4.78, 5) is 23.6. The van der Waals surface area contributed by atoms with Gasteiger partial charge >= 0.3 is 0 Å². The molecular weight excluding hydrogens is 390 g/mol. The summed E-state index contributed by atoms with van der Waals surface area (Å²) in [6.45, 7) is 4.10. The number of rotatable bonds is 9. The van der Waals surface area contributed by atoms with Crippen molar-refractivity contribution in [2.24, 2.45) is 11.1 Å². The molecule has 3 rings (SSSR count). The van der Waals surface area contributed by atoms with E-state index < -0.39 is 11.3 Å². The molecule has 0 aliphatic heterocycles. The highest BCUT2D eigenvalue weighted by Gasteiger charge is 2.25. The largest absolute Gasteiger partial charge is 0.461 e. The molecule has 152 valence electrons. The van der Waals surface area contributed by atoms with Crippen LogP contribution in [0.15, 0.2) is 58.3 Å². The summed E-state index contributed by atoms with van der Waals surface area (Å²) in [5.74, 6) is 0.666. The van der Waals surface area contributed by atoms with Gasteiger partial charge in [0.05, 0.1) is 24.0 Å². The van der Waals surface area contributed by atoms with Crippen molar-refractivity contribution in [2.45, 2.75) is 25.5 Å². The summed E-state index contributed by atoms with van der Waals surface area (Å²) in [5.41, 5.74) is 5.61. The number of furan rings is 1. The van der Waals surface area contributed by atoms with Gasteiger partial charge in [-0.25, -0.2) is 0 Å². The summed E-state index contributed by atoms with van der Waals surface area (Å²) < 4.78 is 7.40. The maximum Gasteiger partial charge on any atom is 0.230 e. The van der Waals surface area contributed by atoms with Crippen LogP contribution >= 0.6 is 11.8 Å². The first-order chi connectivity index (χ1) is 13.9. The highest BCUT2D eigenvalue weighted by molar-refractivity contribution is 7.99. The van der Waals surface area contributed by atoms with Crippen molar-refractivity contribution in [3.63, 3.8) is 0 Å². The molecule has 2 aromatic heterocycles. The van der Waals surface area contributed by atoms with Crippen molar-refractivity contribution in [3.8, 4) is 11.6 Å². The molecule has 0 saturated carbocycles. The van der Waals surface area contributed by atoms with Gasteiger partial charge in [-0.15, -0.1) is 10.2 Å². The van der Waals surface area contributed by atoms with E-state index in [2.05, 4.69) is 15.5 Å². The molecule has 0 aliphatic carbocycles. The van der Waals surface area contributed by atoms with Crippen molar-refractivity contribution >= 4 is 23.6 Å². The maximum absolute atomic E-state index is 12.2. The molecule has 3 N–H and O–H groups in total. The van der Waals surface area contributed by atoms with E-state index in [1.807, 2.05) is 41.0 Å². The highest BCUT2D eigenvalue weighted by atomic mass is 32.2. The highest BCUT2D eigenvalue weighted by Crippen LogP contribution is 2.25. The average Bonchev–Trinajstić information content (AvgIpc) is 3.35. The molecule has 0 aliphatic rings. The van der Waals surface area contributed by atoms with Gasteiger partial charge in [0.25, 0.3) is 0 Å². The average molecular weight is 414 g/mol. The summed E-state index contributed by atoms with van der Waals surface area (Å²) >= 11 is 1.27. The van der Waals surface area contributed by atoms with Crippen LogP contribution in [-0.2, 0) is 16.1 Å². The Balaban J connectivity index is 1.72. The van der Waals surface area contributed by atoms with E-state index in [-0.39, 0.29) is 18.2 Å². The first kappa shape index (κ1) is 20.7. The standard InChI is InChI=1S/C20H23N5O3S/c1-20(2,18(21)27)13-22-16(26)12-29-19-24-23-17(15-9-6-10-28-15)25(19)11-14-7-4-3-5-8-14/h3-10H,11-13H2,1-2H3,(H2,21,27)(H,22,26). The number of carbonyl (C=O) groups is 2. The molecule has 0 bridgehead atoms. The number of nitrogens with one attached hydrogen (secondary N) is 1. The monoisotopic (exact) mass is 413 g/mol. The van der Waals surface area contributed by atoms with E-state index in [0.29, 0.717) is 23.3 Å². The van der Waals surface area contributed by atoms with Gasteiger partial charge in [0.15, 0.2) is 10.9 Å². The molecule has 0 saturated heterocycles. The third-order valence-electron chi connectivity index (χ3n) is 4.37. The molecule has 2 heterocycles. The predicted molar refractivity (Wildman–Crippen MR) is 110 cm³/mol. The molecule has 29 heavy (non-hydrogen) atoms. The number of amides is 2. The summed E-state index contributed by atoms with van der Waals surface area (Å²) in [7, 11) is 0. The van der Waals surface area contributed by atoms with Crippen molar-refractivity contribution in [2.75, 3.05) is 12.3 Å². The van der Waals surface area contributed by atoms with Crippen LogP contribution in [0.2, 0.25) is 0 Å². The second-order valence-electron chi connectivity index (χ2n) is 7.17. The Morgan fingerprint density at radius 2 is 1.93 bits per heavy atom. The van der Waals surface area contributed by atoms with E-state index in [1.54, 1.807) is 26.2 Å². The normalized spacial score (nSPS) is 11.4. The minimum atomic E-state index is -0.805. The lowest BCUT2D eigenvalue weighted by Gasteiger charge is -2.20. The number of carbonyl (C=O) groups excluding carboxylic acids is 2. The van der Waals surface area contributed by atoms with E-state index in [0.717, 1.165) is 5.56 Å². The predicted octanol–water partition coefficient (Wildman–Crippen LogP) is 2.31. The van der Waals surface area contributed by atoms with Crippen molar-refractivity contribution < 1.29 is 14.0 Å². The number of hydrogen-bond donors (Lipinski definition) is 2. The summed E-state index contributed by atoms with van der Waals surface area (Å²) in [5, 5.41) is 11.8. The lowest BCUT2D eigenvalue weighted by Crippen LogP contribution is -2.42. The van der Waals surface area contributed by atoms with Crippen LogP contribution < -0.4 is 11.1 Å². The lowest BCUT2D eigenvalue weighted by molar-refractivity contribution is -0.126. The number of primary amides is 1. The first-order valence-corrected chi connectivity index (χ1v) is 10.1. The molecule has 0 radical (unpaired) electrons. The Bertz CT molecular complexity index is 967. The van der Waals surface area contributed by atoms with Crippen LogP contribution in [0.3, 0.4) is 0 Å². The number of nitrogens with zero attached hydrogens (tertiary/aromatic N) is 3. The third-order valence-corrected chi connectivity index (χ3v) is 5.34. The quantitative estimate of drug-likeness (QED) is 0.520. The van der Waals surface area contributed by atoms with Crippen molar-refractivity contribution in [3.05, 3.63) is 54.3 Å². The molecule has 1 aromatic carbocycles. The SMILES string of the molecule is CC(C)(CNC(=O)CSc1nnc(-c2ccco2)n1Cc1ccccc1)C(N)=O. The number of thioether (sulfide) groups is 1. The molecule has 0 fully saturated rings. The van der Waals surface area contributed by atoms with Crippen LogP contribution in [0, 0.1) is 5.41 Å². The third kappa shape index (κ3) is 5.26. The molecule has 2 amide bonds. The second-order valence-corrected chi connectivity index (χ2v) is 8.11.